The van der Waals surface area contributed by atoms with Crippen LogP contribution in [0.2, 0.25) is 0 Å². The summed E-state index contributed by atoms with van der Waals surface area (Å²) in [6, 6.07) is 17.1. The minimum absolute atomic E-state index is 0.0108. The summed E-state index contributed by atoms with van der Waals surface area (Å²) in [6.45, 7) is 4.75. The zero-order valence-electron chi connectivity index (χ0n) is 21.3. The summed E-state index contributed by atoms with van der Waals surface area (Å²) in [5.74, 6) is 0.697. The molecule has 2 heterocycles. The summed E-state index contributed by atoms with van der Waals surface area (Å²) in [7, 11) is 0. The molecular weight excluding hydrogens is 488 g/mol. The number of benzene rings is 2. The van der Waals surface area contributed by atoms with Crippen LogP contribution in [0.4, 0.5) is 0 Å². The van der Waals surface area contributed by atoms with Crippen LogP contribution in [0.5, 0.6) is 5.75 Å². The predicted octanol–water partition coefficient (Wildman–Crippen LogP) is 3.95. The highest BCUT2D eigenvalue weighted by Crippen LogP contribution is 2.29. The lowest BCUT2D eigenvalue weighted by atomic mass is 9.83. The molecule has 1 aromatic heterocycles. The first-order valence-electron chi connectivity index (χ1n) is 12.5. The minimum atomic E-state index is -0.745. The minimum Gasteiger partial charge on any atom is -0.488 e. The molecule has 9 heteroatoms. The van der Waals surface area contributed by atoms with Gasteiger partial charge < -0.3 is 15.0 Å². The van der Waals surface area contributed by atoms with E-state index < -0.39 is 11.4 Å². The highest BCUT2D eigenvalue weighted by Gasteiger charge is 2.38. The van der Waals surface area contributed by atoms with Crippen LogP contribution in [-0.2, 0) is 11.4 Å². The molecule has 0 unspecified atom stereocenters. The first kappa shape index (κ1) is 26.9. The third-order valence-electron chi connectivity index (χ3n) is 6.87. The molecule has 8 nitrogen and oxygen atoms in total. The maximum absolute atomic E-state index is 13.5. The fraction of sp³-hybridized carbons (Fsp3) is 0.393. The summed E-state index contributed by atoms with van der Waals surface area (Å²) in [4.78, 5) is 32.6. The summed E-state index contributed by atoms with van der Waals surface area (Å²) >= 11 is 1.80. The number of carbonyl (C=O) groups is 2. The van der Waals surface area contributed by atoms with Crippen LogP contribution in [0, 0.1) is 6.92 Å². The molecule has 0 aliphatic carbocycles. The Morgan fingerprint density at radius 2 is 1.86 bits per heavy atom. The van der Waals surface area contributed by atoms with Crippen LogP contribution in [0.3, 0.4) is 0 Å². The Bertz CT molecular complexity index is 1240. The fourth-order valence-electron chi connectivity index (χ4n) is 4.88. The number of hydrogen-bond acceptors (Lipinski definition) is 7. The van der Waals surface area contributed by atoms with E-state index in [-0.39, 0.29) is 18.9 Å². The van der Waals surface area contributed by atoms with Crippen molar-refractivity contribution in [3.8, 4) is 5.75 Å². The van der Waals surface area contributed by atoms with Crippen molar-refractivity contribution in [1.29, 1.82) is 0 Å². The lowest BCUT2D eigenvalue weighted by molar-refractivity contribution is -0.131. The van der Waals surface area contributed by atoms with Crippen molar-refractivity contribution in [1.82, 2.24) is 20.7 Å². The summed E-state index contributed by atoms with van der Waals surface area (Å²) in [5.41, 5.74) is 4.19. The van der Waals surface area contributed by atoms with Gasteiger partial charge in [-0.05, 0) is 50.3 Å². The van der Waals surface area contributed by atoms with E-state index in [0.717, 1.165) is 47.5 Å². The molecule has 0 bridgehead atoms. The van der Waals surface area contributed by atoms with Crippen LogP contribution in [0.25, 0.3) is 10.9 Å². The number of hydroxylamine groups is 1. The molecule has 196 valence electrons. The maximum Gasteiger partial charge on any atom is 0.255 e. The van der Waals surface area contributed by atoms with Crippen molar-refractivity contribution < 1.29 is 19.5 Å². The van der Waals surface area contributed by atoms with E-state index in [9.17, 15) is 9.59 Å². The molecule has 1 saturated heterocycles. The van der Waals surface area contributed by atoms with E-state index in [1.807, 2.05) is 43.3 Å². The fourth-order valence-corrected chi connectivity index (χ4v) is 5.32. The maximum atomic E-state index is 13.5. The SMILES string of the molecule is CSCCN1CCC(CC(=O)NO)(NC(=O)c2ccccc2OCc2cc(C)nc3ccccc23)CC1. The number of amides is 2. The zero-order chi connectivity index (χ0) is 26.3. The van der Waals surface area contributed by atoms with Gasteiger partial charge in [0.2, 0.25) is 5.91 Å². The second-order valence-corrected chi connectivity index (χ2v) is 10.5. The van der Waals surface area contributed by atoms with Gasteiger partial charge in [0.25, 0.3) is 5.91 Å². The molecule has 0 radical (unpaired) electrons. The van der Waals surface area contributed by atoms with E-state index in [1.54, 1.807) is 35.4 Å². The summed E-state index contributed by atoms with van der Waals surface area (Å²) in [5, 5.41) is 13.3. The number of aromatic nitrogens is 1. The molecule has 1 aliphatic rings. The molecular formula is C28H34N4O4S. The van der Waals surface area contributed by atoms with Gasteiger partial charge in [-0.3, -0.25) is 19.8 Å². The number of likely N-dealkylation sites (tertiary alicyclic amines) is 1. The van der Waals surface area contributed by atoms with Crippen molar-refractivity contribution in [2.75, 3.05) is 31.6 Å². The summed E-state index contributed by atoms with van der Waals surface area (Å²) < 4.78 is 6.17. The molecule has 3 N–H and O–H groups in total. The second kappa shape index (κ2) is 12.4. The third-order valence-corrected chi connectivity index (χ3v) is 7.46. The molecule has 37 heavy (non-hydrogen) atoms. The number of nitrogens with zero attached hydrogens (tertiary/aromatic N) is 2. The van der Waals surface area contributed by atoms with Gasteiger partial charge in [-0.2, -0.15) is 11.8 Å². The van der Waals surface area contributed by atoms with E-state index >= 15 is 0 Å². The van der Waals surface area contributed by atoms with Gasteiger partial charge >= 0.3 is 0 Å². The van der Waals surface area contributed by atoms with Crippen LogP contribution in [-0.4, -0.2) is 64.1 Å². The Balaban J connectivity index is 1.51. The molecule has 1 aliphatic heterocycles. The van der Waals surface area contributed by atoms with Crippen molar-refractivity contribution in [3.63, 3.8) is 0 Å². The topological polar surface area (TPSA) is 104 Å². The van der Waals surface area contributed by atoms with E-state index in [1.165, 1.54) is 0 Å². The Labute approximate surface area is 221 Å². The number of piperidine rings is 1. The summed E-state index contributed by atoms with van der Waals surface area (Å²) in [6.07, 6.45) is 3.33. The normalized spacial score (nSPS) is 15.3. The molecule has 0 spiro atoms. The standard InChI is InChI=1S/C28H34N4O4S/c1-20-17-21(22-7-3-5-9-24(22)29-20)19-36-25-10-6-4-8-23(25)27(34)30-28(18-26(33)31-35)11-13-32(14-12-28)15-16-37-2/h3-10,17,35H,11-16,18-19H2,1-2H3,(H,30,34)(H,31,33). The highest BCUT2D eigenvalue weighted by molar-refractivity contribution is 7.98. The van der Waals surface area contributed by atoms with Crippen molar-refractivity contribution in [2.45, 2.75) is 38.3 Å². The average molecular weight is 523 g/mol. The van der Waals surface area contributed by atoms with Crippen LogP contribution in [0.15, 0.2) is 54.6 Å². The monoisotopic (exact) mass is 522 g/mol. The molecule has 0 atom stereocenters. The number of rotatable bonds is 10. The molecule has 1 fully saturated rings. The van der Waals surface area contributed by atoms with Crippen LogP contribution >= 0.6 is 11.8 Å². The van der Waals surface area contributed by atoms with Gasteiger partial charge in [0, 0.05) is 42.0 Å². The number of thioether (sulfide) groups is 1. The average Bonchev–Trinajstić information content (AvgIpc) is 2.91. The molecule has 2 amide bonds. The number of pyridine rings is 1. The second-order valence-electron chi connectivity index (χ2n) is 9.51. The number of ether oxygens (including phenoxy) is 1. The Morgan fingerprint density at radius 3 is 2.62 bits per heavy atom. The zero-order valence-corrected chi connectivity index (χ0v) is 22.1. The lowest BCUT2D eigenvalue weighted by Crippen LogP contribution is -2.57. The van der Waals surface area contributed by atoms with Gasteiger partial charge in [0.15, 0.2) is 0 Å². The van der Waals surface area contributed by atoms with E-state index in [4.69, 9.17) is 9.94 Å². The Hall–Kier alpha value is -3.14. The first-order chi connectivity index (χ1) is 17.9. The van der Waals surface area contributed by atoms with Crippen LogP contribution < -0.4 is 15.5 Å². The van der Waals surface area contributed by atoms with Crippen molar-refractivity contribution in [3.05, 3.63) is 71.4 Å². The first-order valence-corrected chi connectivity index (χ1v) is 13.9. The van der Waals surface area contributed by atoms with Gasteiger partial charge in [-0.15, -0.1) is 0 Å². The number of hydrogen-bond donors (Lipinski definition) is 3. The predicted molar refractivity (Wildman–Crippen MR) is 146 cm³/mol. The molecule has 4 rings (SSSR count). The Morgan fingerprint density at radius 1 is 1.14 bits per heavy atom. The van der Waals surface area contributed by atoms with E-state index in [0.29, 0.717) is 24.2 Å². The highest BCUT2D eigenvalue weighted by atomic mass is 32.2. The van der Waals surface area contributed by atoms with Gasteiger partial charge in [0.05, 0.1) is 23.0 Å². The number of nitrogens with one attached hydrogen (secondary N) is 2. The number of carbonyl (C=O) groups excluding carboxylic acids is 2. The van der Waals surface area contributed by atoms with Gasteiger partial charge in [-0.25, -0.2) is 5.48 Å². The van der Waals surface area contributed by atoms with Gasteiger partial charge in [0.1, 0.15) is 12.4 Å². The number of aryl methyl sites for hydroxylation is 1. The molecule has 0 saturated carbocycles. The molecule has 3 aromatic rings. The van der Waals surface area contributed by atoms with Crippen LogP contribution in [0.1, 0.15) is 40.9 Å². The third kappa shape index (κ3) is 6.80. The Kier molecular flexibility index (Phi) is 9.02. The quantitative estimate of drug-likeness (QED) is 0.274. The molecule has 2 aromatic carbocycles. The number of para-hydroxylation sites is 2. The van der Waals surface area contributed by atoms with Gasteiger partial charge in [-0.1, -0.05) is 30.3 Å². The smallest absolute Gasteiger partial charge is 0.255 e. The van der Waals surface area contributed by atoms with Crippen molar-refractivity contribution in [2.24, 2.45) is 0 Å². The lowest BCUT2D eigenvalue weighted by Gasteiger charge is -2.42. The largest absolute Gasteiger partial charge is 0.488 e. The number of fused-ring (bicyclic) bond motifs is 1. The van der Waals surface area contributed by atoms with Crippen molar-refractivity contribution >= 4 is 34.5 Å². The van der Waals surface area contributed by atoms with E-state index in [2.05, 4.69) is 21.5 Å².